The highest BCUT2D eigenvalue weighted by Crippen LogP contribution is 2.20. The molecule has 106 valence electrons. The molecule has 20 heavy (non-hydrogen) atoms. The Morgan fingerprint density at radius 3 is 3.00 bits per heavy atom. The third-order valence-corrected chi connectivity index (χ3v) is 3.07. The first-order chi connectivity index (χ1) is 9.56. The highest BCUT2D eigenvalue weighted by molar-refractivity contribution is 5.49. The molecule has 2 heterocycles. The van der Waals surface area contributed by atoms with Gasteiger partial charge < -0.3 is 9.73 Å². The zero-order valence-electron chi connectivity index (χ0n) is 11.5. The molecule has 0 aliphatic heterocycles. The van der Waals surface area contributed by atoms with Crippen molar-refractivity contribution in [2.75, 3.05) is 5.32 Å². The standard InChI is InChI=1S/C14H17N3O3/c1-10-9-15-14(8-13(10)17(18)19)16-11(2)5-6-12-4-3-7-20-12/h3-4,7-9,11H,5-6H2,1-2H3,(H,15,16). The molecule has 0 aromatic carbocycles. The predicted octanol–water partition coefficient (Wildman–Crippen LogP) is 3.32. The van der Waals surface area contributed by atoms with Crippen LogP contribution in [-0.4, -0.2) is 15.9 Å². The molecule has 0 saturated carbocycles. The van der Waals surface area contributed by atoms with E-state index in [9.17, 15) is 10.1 Å². The Morgan fingerprint density at radius 1 is 1.55 bits per heavy atom. The van der Waals surface area contributed by atoms with Gasteiger partial charge in [0.2, 0.25) is 0 Å². The lowest BCUT2D eigenvalue weighted by molar-refractivity contribution is -0.385. The average Bonchev–Trinajstić information content (AvgIpc) is 2.91. The fraction of sp³-hybridized carbons (Fsp3) is 0.357. The molecule has 0 radical (unpaired) electrons. The van der Waals surface area contributed by atoms with Gasteiger partial charge in [-0.15, -0.1) is 0 Å². The van der Waals surface area contributed by atoms with Gasteiger partial charge in [-0.05, 0) is 32.4 Å². The predicted molar refractivity (Wildman–Crippen MR) is 75.7 cm³/mol. The van der Waals surface area contributed by atoms with E-state index < -0.39 is 4.92 Å². The molecule has 0 fully saturated rings. The van der Waals surface area contributed by atoms with E-state index >= 15 is 0 Å². The maximum atomic E-state index is 10.9. The molecule has 2 aromatic heterocycles. The molecule has 6 nitrogen and oxygen atoms in total. The van der Waals surface area contributed by atoms with Gasteiger partial charge in [0.25, 0.3) is 5.69 Å². The summed E-state index contributed by atoms with van der Waals surface area (Å²) in [6, 6.07) is 5.41. The molecule has 1 N–H and O–H groups in total. The Hall–Kier alpha value is -2.37. The number of hydrogen-bond acceptors (Lipinski definition) is 5. The normalized spacial score (nSPS) is 12.1. The van der Waals surface area contributed by atoms with E-state index in [1.165, 1.54) is 12.3 Å². The summed E-state index contributed by atoms with van der Waals surface area (Å²) in [6.45, 7) is 3.69. The minimum absolute atomic E-state index is 0.0840. The van der Waals surface area contributed by atoms with Gasteiger partial charge in [0, 0.05) is 24.2 Å². The second-order valence-electron chi connectivity index (χ2n) is 4.78. The maximum Gasteiger partial charge on any atom is 0.277 e. The number of nitro groups is 1. The first kappa shape index (κ1) is 14.0. The van der Waals surface area contributed by atoms with E-state index in [4.69, 9.17) is 4.42 Å². The van der Waals surface area contributed by atoms with Crippen molar-refractivity contribution in [3.05, 3.63) is 52.1 Å². The summed E-state index contributed by atoms with van der Waals surface area (Å²) in [6.07, 6.45) is 4.84. The summed E-state index contributed by atoms with van der Waals surface area (Å²) in [5.74, 6) is 1.45. The first-order valence-electron chi connectivity index (χ1n) is 6.46. The molecule has 0 saturated heterocycles. The van der Waals surface area contributed by atoms with Gasteiger partial charge in [0.05, 0.1) is 17.3 Å². The van der Waals surface area contributed by atoms with Gasteiger partial charge in [0.15, 0.2) is 0 Å². The number of rotatable bonds is 6. The highest BCUT2D eigenvalue weighted by atomic mass is 16.6. The summed E-state index contributed by atoms with van der Waals surface area (Å²) in [5, 5.41) is 14.0. The van der Waals surface area contributed by atoms with Crippen LogP contribution in [0.15, 0.2) is 35.1 Å². The van der Waals surface area contributed by atoms with Crippen molar-refractivity contribution in [2.24, 2.45) is 0 Å². The quantitative estimate of drug-likeness (QED) is 0.646. The summed E-state index contributed by atoms with van der Waals surface area (Å²) < 4.78 is 5.27. The van der Waals surface area contributed by atoms with E-state index in [0.29, 0.717) is 11.4 Å². The number of nitrogens with one attached hydrogen (secondary N) is 1. The van der Waals surface area contributed by atoms with Gasteiger partial charge in [0.1, 0.15) is 11.6 Å². The van der Waals surface area contributed by atoms with E-state index in [1.54, 1.807) is 13.2 Å². The van der Waals surface area contributed by atoms with Crippen LogP contribution >= 0.6 is 0 Å². The first-order valence-corrected chi connectivity index (χ1v) is 6.46. The van der Waals surface area contributed by atoms with E-state index in [1.807, 2.05) is 19.1 Å². The molecule has 6 heteroatoms. The van der Waals surface area contributed by atoms with Crippen LogP contribution in [0.5, 0.6) is 0 Å². The molecule has 0 bridgehead atoms. The van der Waals surface area contributed by atoms with E-state index in [2.05, 4.69) is 10.3 Å². The molecule has 1 atom stereocenters. The van der Waals surface area contributed by atoms with Crippen molar-refractivity contribution >= 4 is 11.5 Å². The highest BCUT2D eigenvalue weighted by Gasteiger charge is 2.13. The average molecular weight is 275 g/mol. The number of nitrogens with zero attached hydrogens (tertiary/aromatic N) is 2. The largest absolute Gasteiger partial charge is 0.469 e. The van der Waals surface area contributed by atoms with Crippen molar-refractivity contribution < 1.29 is 9.34 Å². The van der Waals surface area contributed by atoms with Crippen LogP contribution in [0.3, 0.4) is 0 Å². The minimum atomic E-state index is -0.393. The number of aromatic nitrogens is 1. The fourth-order valence-corrected chi connectivity index (χ4v) is 1.93. The number of pyridine rings is 1. The van der Waals surface area contributed by atoms with Crippen molar-refractivity contribution in [3.63, 3.8) is 0 Å². The van der Waals surface area contributed by atoms with Crippen LogP contribution in [0.25, 0.3) is 0 Å². The number of furan rings is 1. The van der Waals surface area contributed by atoms with E-state index in [0.717, 1.165) is 18.6 Å². The number of hydrogen-bond donors (Lipinski definition) is 1. The van der Waals surface area contributed by atoms with Gasteiger partial charge in [-0.2, -0.15) is 0 Å². The second kappa shape index (κ2) is 6.18. The van der Waals surface area contributed by atoms with Crippen molar-refractivity contribution in [1.82, 2.24) is 4.98 Å². The molecule has 2 rings (SSSR count). The Kier molecular flexibility index (Phi) is 4.34. The molecule has 1 unspecified atom stereocenters. The fourth-order valence-electron chi connectivity index (χ4n) is 1.93. The Labute approximate surface area is 117 Å². The number of aryl methyl sites for hydroxylation is 2. The minimum Gasteiger partial charge on any atom is -0.469 e. The van der Waals surface area contributed by atoms with Crippen LogP contribution in [0.4, 0.5) is 11.5 Å². The molecule has 0 aliphatic rings. The van der Waals surface area contributed by atoms with Crippen LogP contribution in [0, 0.1) is 17.0 Å². The van der Waals surface area contributed by atoms with Crippen molar-refractivity contribution in [2.45, 2.75) is 32.7 Å². The van der Waals surface area contributed by atoms with E-state index in [-0.39, 0.29) is 11.7 Å². The lowest BCUT2D eigenvalue weighted by Gasteiger charge is -2.13. The lowest BCUT2D eigenvalue weighted by atomic mass is 10.1. The lowest BCUT2D eigenvalue weighted by Crippen LogP contribution is -2.17. The zero-order chi connectivity index (χ0) is 14.5. The van der Waals surface area contributed by atoms with Crippen molar-refractivity contribution in [3.8, 4) is 0 Å². The molecule has 0 aliphatic carbocycles. The van der Waals surface area contributed by atoms with Crippen LogP contribution in [0.2, 0.25) is 0 Å². The SMILES string of the molecule is Cc1cnc(NC(C)CCc2ccco2)cc1[N+](=O)[O-]. The van der Waals surface area contributed by atoms with Gasteiger partial charge in [-0.25, -0.2) is 4.98 Å². The van der Waals surface area contributed by atoms with Crippen molar-refractivity contribution in [1.29, 1.82) is 0 Å². The Bertz CT molecular complexity index is 581. The number of anilines is 1. The third-order valence-electron chi connectivity index (χ3n) is 3.07. The molecule has 2 aromatic rings. The molecular weight excluding hydrogens is 258 g/mol. The molecular formula is C14H17N3O3. The summed E-state index contributed by atoms with van der Waals surface area (Å²) in [7, 11) is 0. The topological polar surface area (TPSA) is 81.2 Å². The van der Waals surface area contributed by atoms with Gasteiger partial charge in [-0.3, -0.25) is 10.1 Å². The van der Waals surface area contributed by atoms with Gasteiger partial charge >= 0.3 is 0 Å². The maximum absolute atomic E-state index is 10.9. The second-order valence-corrected chi connectivity index (χ2v) is 4.78. The summed E-state index contributed by atoms with van der Waals surface area (Å²) >= 11 is 0. The van der Waals surface area contributed by atoms with Gasteiger partial charge in [-0.1, -0.05) is 0 Å². The third kappa shape index (κ3) is 3.57. The summed E-state index contributed by atoms with van der Waals surface area (Å²) in [5.41, 5.74) is 0.643. The smallest absolute Gasteiger partial charge is 0.277 e. The van der Waals surface area contributed by atoms with Crippen LogP contribution < -0.4 is 5.32 Å². The molecule has 0 amide bonds. The van der Waals surface area contributed by atoms with Crippen LogP contribution in [-0.2, 0) is 6.42 Å². The Morgan fingerprint density at radius 2 is 2.35 bits per heavy atom. The molecule has 0 spiro atoms. The van der Waals surface area contributed by atoms with Crippen LogP contribution in [0.1, 0.15) is 24.7 Å². The summed E-state index contributed by atoms with van der Waals surface area (Å²) in [4.78, 5) is 14.7. The zero-order valence-corrected chi connectivity index (χ0v) is 11.5. The monoisotopic (exact) mass is 275 g/mol. The Balaban J connectivity index is 1.95.